The van der Waals surface area contributed by atoms with Crippen LogP contribution in [0.2, 0.25) is 5.02 Å². The zero-order chi connectivity index (χ0) is 18.0. The minimum Gasteiger partial charge on any atom is -0.486 e. The van der Waals surface area contributed by atoms with Gasteiger partial charge in [-0.2, -0.15) is 0 Å². The molecule has 1 aromatic carbocycles. The number of carbonyl (C=O) groups is 3. The van der Waals surface area contributed by atoms with Gasteiger partial charge in [0.2, 0.25) is 0 Å². The lowest BCUT2D eigenvalue weighted by atomic mass is 10.1. The maximum absolute atomic E-state index is 12.1. The lowest BCUT2D eigenvalue weighted by Gasteiger charge is -2.20. The van der Waals surface area contributed by atoms with Crippen molar-refractivity contribution >= 4 is 29.5 Å². The highest BCUT2D eigenvalue weighted by Crippen LogP contribution is 2.38. The van der Waals surface area contributed by atoms with E-state index in [1.807, 2.05) is 0 Å². The number of carbonyl (C=O) groups excluding carboxylic acids is 3. The van der Waals surface area contributed by atoms with E-state index in [1.165, 1.54) is 6.92 Å². The molecule has 2 heterocycles. The van der Waals surface area contributed by atoms with Crippen molar-refractivity contribution in [1.82, 2.24) is 10.2 Å². The minimum atomic E-state index is -1.05. The third kappa shape index (κ3) is 3.79. The van der Waals surface area contributed by atoms with Crippen molar-refractivity contribution in [3.8, 4) is 11.5 Å². The van der Waals surface area contributed by atoms with Gasteiger partial charge in [0.05, 0.1) is 11.4 Å². The van der Waals surface area contributed by atoms with E-state index in [9.17, 15) is 14.4 Å². The van der Waals surface area contributed by atoms with Gasteiger partial charge in [0.1, 0.15) is 13.2 Å². The number of urea groups is 1. The molecule has 3 amide bonds. The molecule has 0 unspecified atom stereocenters. The zero-order valence-corrected chi connectivity index (χ0v) is 14.3. The van der Waals surface area contributed by atoms with Crippen LogP contribution in [0.15, 0.2) is 12.1 Å². The first-order valence-electron chi connectivity index (χ1n) is 7.82. The number of hydrogen-bond donors (Lipinski definition) is 1. The summed E-state index contributed by atoms with van der Waals surface area (Å²) in [4.78, 5) is 36.7. The number of amides is 3. The van der Waals surface area contributed by atoms with Gasteiger partial charge in [-0.05, 0) is 24.6 Å². The fourth-order valence-corrected chi connectivity index (χ4v) is 2.91. The molecule has 0 bridgehead atoms. The fraction of sp³-hybridized carbons (Fsp3) is 0.438. The van der Waals surface area contributed by atoms with E-state index in [0.29, 0.717) is 41.8 Å². The Bertz CT molecular complexity index is 723. The molecule has 3 rings (SSSR count). The van der Waals surface area contributed by atoms with E-state index in [0.717, 1.165) is 4.90 Å². The van der Waals surface area contributed by atoms with Gasteiger partial charge in [-0.25, -0.2) is 4.79 Å². The summed E-state index contributed by atoms with van der Waals surface area (Å²) in [6.07, 6.45) is -1.13. The molecule has 8 nitrogen and oxygen atoms in total. The Kier molecular flexibility index (Phi) is 4.98. The standard InChI is InChI=1S/C16H17ClN2O6/c1-9(15(21)19-3-2-18-16(19)22)25-13(20)8-10-6-11(17)14-12(7-10)23-4-5-24-14/h6-7,9H,2-5,8H2,1H3,(H,18,22)/t9-/m0/s1. The van der Waals surface area contributed by atoms with Crippen LogP contribution in [-0.2, 0) is 20.7 Å². The van der Waals surface area contributed by atoms with Crippen molar-refractivity contribution in [3.63, 3.8) is 0 Å². The van der Waals surface area contributed by atoms with E-state index in [-0.39, 0.29) is 13.0 Å². The van der Waals surface area contributed by atoms with Crippen molar-refractivity contribution in [2.75, 3.05) is 26.3 Å². The first-order valence-corrected chi connectivity index (χ1v) is 8.20. The van der Waals surface area contributed by atoms with Crippen LogP contribution in [0.4, 0.5) is 4.79 Å². The Morgan fingerprint density at radius 1 is 1.36 bits per heavy atom. The monoisotopic (exact) mass is 368 g/mol. The maximum Gasteiger partial charge on any atom is 0.324 e. The first kappa shape index (κ1) is 17.3. The molecular weight excluding hydrogens is 352 g/mol. The van der Waals surface area contributed by atoms with Crippen LogP contribution in [0.1, 0.15) is 12.5 Å². The Morgan fingerprint density at radius 3 is 2.84 bits per heavy atom. The molecule has 2 aliphatic rings. The van der Waals surface area contributed by atoms with E-state index in [4.69, 9.17) is 25.8 Å². The Labute approximate surface area is 149 Å². The van der Waals surface area contributed by atoms with Gasteiger partial charge in [0.25, 0.3) is 5.91 Å². The van der Waals surface area contributed by atoms with Crippen molar-refractivity contribution in [2.45, 2.75) is 19.4 Å². The van der Waals surface area contributed by atoms with Crippen molar-refractivity contribution in [1.29, 1.82) is 0 Å². The molecule has 0 saturated carbocycles. The predicted octanol–water partition coefficient (Wildman–Crippen LogP) is 1.14. The molecule has 1 fully saturated rings. The summed E-state index contributed by atoms with van der Waals surface area (Å²) in [6.45, 7) is 2.90. The number of rotatable bonds is 4. The third-order valence-corrected chi connectivity index (χ3v) is 4.06. The molecule has 1 N–H and O–H groups in total. The van der Waals surface area contributed by atoms with Crippen LogP contribution in [-0.4, -0.2) is 55.2 Å². The molecule has 0 spiro atoms. The molecule has 0 aliphatic carbocycles. The SMILES string of the molecule is C[C@H](OC(=O)Cc1cc(Cl)c2c(c1)OCCO2)C(=O)N1CCNC1=O. The molecule has 9 heteroatoms. The van der Waals surface area contributed by atoms with Gasteiger partial charge >= 0.3 is 12.0 Å². The highest BCUT2D eigenvalue weighted by molar-refractivity contribution is 6.32. The topological polar surface area (TPSA) is 94.2 Å². The largest absolute Gasteiger partial charge is 0.486 e. The van der Waals surface area contributed by atoms with E-state index < -0.39 is 24.0 Å². The van der Waals surface area contributed by atoms with Gasteiger partial charge in [-0.15, -0.1) is 0 Å². The number of nitrogens with one attached hydrogen (secondary N) is 1. The smallest absolute Gasteiger partial charge is 0.324 e. The van der Waals surface area contributed by atoms with Crippen LogP contribution in [0.5, 0.6) is 11.5 Å². The highest BCUT2D eigenvalue weighted by atomic mass is 35.5. The molecule has 0 aromatic heterocycles. The molecule has 0 radical (unpaired) electrons. The second-order valence-corrected chi connectivity index (χ2v) is 6.04. The Balaban J connectivity index is 1.61. The van der Waals surface area contributed by atoms with Gasteiger partial charge in [0, 0.05) is 13.1 Å². The third-order valence-electron chi connectivity index (χ3n) is 3.78. The summed E-state index contributed by atoms with van der Waals surface area (Å²) in [5.74, 6) is -0.232. The van der Waals surface area contributed by atoms with Crippen LogP contribution in [0.25, 0.3) is 0 Å². The average molecular weight is 369 g/mol. The summed E-state index contributed by atoms with van der Waals surface area (Å²) < 4.78 is 16.0. The second-order valence-electron chi connectivity index (χ2n) is 5.63. The number of nitrogens with zero attached hydrogens (tertiary/aromatic N) is 1. The average Bonchev–Trinajstić information content (AvgIpc) is 3.00. The van der Waals surface area contributed by atoms with Gasteiger partial charge < -0.3 is 19.5 Å². The summed E-state index contributed by atoms with van der Waals surface area (Å²) >= 11 is 6.13. The molecular formula is C16H17ClN2O6. The van der Waals surface area contributed by atoms with E-state index in [1.54, 1.807) is 12.1 Å². The van der Waals surface area contributed by atoms with Gasteiger partial charge in [0.15, 0.2) is 17.6 Å². The lowest BCUT2D eigenvalue weighted by molar-refractivity contribution is -0.156. The highest BCUT2D eigenvalue weighted by Gasteiger charge is 2.31. The quantitative estimate of drug-likeness (QED) is 0.801. The number of imide groups is 1. The molecule has 134 valence electrons. The van der Waals surface area contributed by atoms with Crippen molar-refractivity contribution in [2.24, 2.45) is 0 Å². The number of halogens is 1. The Morgan fingerprint density at radius 2 is 2.12 bits per heavy atom. The summed E-state index contributed by atoms with van der Waals surface area (Å²) in [7, 11) is 0. The molecule has 2 aliphatic heterocycles. The molecule has 25 heavy (non-hydrogen) atoms. The predicted molar refractivity (Wildman–Crippen MR) is 86.8 cm³/mol. The van der Waals surface area contributed by atoms with Gasteiger partial charge in [-0.3, -0.25) is 14.5 Å². The second kappa shape index (κ2) is 7.18. The number of hydrogen-bond acceptors (Lipinski definition) is 6. The fourth-order valence-electron chi connectivity index (χ4n) is 2.62. The van der Waals surface area contributed by atoms with E-state index in [2.05, 4.69) is 5.32 Å². The van der Waals surface area contributed by atoms with E-state index >= 15 is 0 Å². The van der Waals surface area contributed by atoms with Crippen molar-refractivity contribution in [3.05, 3.63) is 22.7 Å². The summed E-state index contributed by atoms with van der Waals surface area (Å²) in [5, 5.41) is 2.86. The summed E-state index contributed by atoms with van der Waals surface area (Å²) in [6, 6.07) is 2.77. The van der Waals surface area contributed by atoms with Crippen LogP contribution in [0, 0.1) is 0 Å². The van der Waals surface area contributed by atoms with Crippen LogP contribution >= 0.6 is 11.6 Å². The summed E-state index contributed by atoms with van der Waals surface area (Å²) in [5.41, 5.74) is 0.581. The number of ether oxygens (including phenoxy) is 3. The van der Waals surface area contributed by atoms with Crippen molar-refractivity contribution < 1.29 is 28.6 Å². The number of esters is 1. The number of benzene rings is 1. The zero-order valence-electron chi connectivity index (χ0n) is 13.5. The van der Waals surface area contributed by atoms with Crippen LogP contribution in [0.3, 0.4) is 0 Å². The first-order chi connectivity index (χ1) is 12.0. The number of fused-ring (bicyclic) bond motifs is 1. The van der Waals surface area contributed by atoms with Gasteiger partial charge in [-0.1, -0.05) is 11.6 Å². The van der Waals surface area contributed by atoms with Crippen LogP contribution < -0.4 is 14.8 Å². The molecule has 1 aromatic rings. The molecule has 1 atom stereocenters. The normalized spacial score (nSPS) is 17.0. The lowest BCUT2D eigenvalue weighted by Crippen LogP contribution is -2.42. The minimum absolute atomic E-state index is 0.0832. The molecule has 1 saturated heterocycles. The maximum atomic E-state index is 12.1. The Hall–Kier alpha value is -2.48.